The Hall–Kier alpha value is -2.29. The maximum Gasteiger partial charge on any atom is 0.333 e. The normalized spacial score (nSPS) is 12.5. The van der Waals surface area contributed by atoms with E-state index in [4.69, 9.17) is 4.74 Å². The van der Waals surface area contributed by atoms with Crippen LogP contribution in [0.25, 0.3) is 0 Å². The number of hydrogen-bond acceptors (Lipinski definition) is 3. The van der Waals surface area contributed by atoms with Crippen molar-refractivity contribution in [2.24, 2.45) is 0 Å². The van der Waals surface area contributed by atoms with Crippen molar-refractivity contribution in [2.45, 2.75) is 32.4 Å². The third-order valence-electron chi connectivity index (χ3n) is 2.86. The van der Waals surface area contributed by atoms with E-state index in [1.165, 1.54) is 0 Å². The van der Waals surface area contributed by atoms with E-state index in [0.717, 1.165) is 11.3 Å². The van der Waals surface area contributed by atoms with Crippen LogP contribution in [0.3, 0.4) is 0 Å². The first-order valence-corrected chi connectivity index (χ1v) is 7.05. The van der Waals surface area contributed by atoms with E-state index in [2.05, 4.69) is 5.32 Å². The van der Waals surface area contributed by atoms with Crippen LogP contribution in [0.1, 0.15) is 32.4 Å². The largest absolute Gasteiger partial charge is 0.458 e. The number of rotatable bonds is 4. The number of hydrogen-bond donors (Lipinski definition) is 1. The summed E-state index contributed by atoms with van der Waals surface area (Å²) in [6.07, 6.45) is 0. The molecule has 0 amide bonds. The topological polar surface area (TPSA) is 38.3 Å². The summed E-state index contributed by atoms with van der Waals surface area (Å²) in [6, 6.07) is 18.7. The predicted octanol–water partition coefficient (Wildman–Crippen LogP) is 4.18. The van der Waals surface area contributed by atoms with E-state index >= 15 is 0 Å². The molecule has 3 nitrogen and oxygen atoms in total. The van der Waals surface area contributed by atoms with Crippen LogP contribution in [-0.4, -0.2) is 11.6 Å². The van der Waals surface area contributed by atoms with Crippen molar-refractivity contribution < 1.29 is 9.53 Å². The Morgan fingerprint density at radius 2 is 1.48 bits per heavy atom. The number of ether oxygens (including phenoxy) is 1. The summed E-state index contributed by atoms with van der Waals surface area (Å²) in [5.74, 6) is -0.280. The number of carbonyl (C=O) groups excluding carboxylic acids is 1. The van der Waals surface area contributed by atoms with Crippen molar-refractivity contribution >= 4 is 11.7 Å². The highest BCUT2D eigenvalue weighted by atomic mass is 16.6. The molecule has 110 valence electrons. The van der Waals surface area contributed by atoms with Crippen LogP contribution in [0.4, 0.5) is 5.69 Å². The average Bonchev–Trinajstić information content (AvgIpc) is 2.45. The zero-order chi connectivity index (χ0) is 15.3. The molecule has 0 aliphatic heterocycles. The molecule has 0 aliphatic carbocycles. The third kappa shape index (κ3) is 4.63. The SMILES string of the molecule is CC(C)(C)OC(=O)C(Nc1ccccc1)c1ccccc1. The van der Waals surface area contributed by atoms with Crippen LogP contribution < -0.4 is 5.32 Å². The fraction of sp³-hybridized carbons (Fsp3) is 0.278. The molecular weight excluding hydrogens is 262 g/mol. The zero-order valence-electron chi connectivity index (χ0n) is 12.7. The molecule has 0 heterocycles. The van der Waals surface area contributed by atoms with E-state index in [-0.39, 0.29) is 5.97 Å². The van der Waals surface area contributed by atoms with Gasteiger partial charge in [-0.05, 0) is 38.5 Å². The number of esters is 1. The minimum absolute atomic E-state index is 0.280. The number of para-hydroxylation sites is 1. The van der Waals surface area contributed by atoms with Gasteiger partial charge in [0.1, 0.15) is 5.60 Å². The molecule has 3 heteroatoms. The van der Waals surface area contributed by atoms with Gasteiger partial charge in [-0.15, -0.1) is 0 Å². The molecule has 1 unspecified atom stereocenters. The lowest BCUT2D eigenvalue weighted by molar-refractivity contribution is -0.156. The van der Waals surface area contributed by atoms with Crippen LogP contribution >= 0.6 is 0 Å². The van der Waals surface area contributed by atoms with Crippen molar-refractivity contribution in [3.05, 3.63) is 66.2 Å². The van der Waals surface area contributed by atoms with E-state index in [0.29, 0.717) is 0 Å². The average molecular weight is 283 g/mol. The summed E-state index contributed by atoms with van der Waals surface area (Å²) < 4.78 is 5.53. The van der Waals surface area contributed by atoms with Crippen LogP contribution in [0, 0.1) is 0 Å². The maximum absolute atomic E-state index is 12.5. The molecule has 21 heavy (non-hydrogen) atoms. The van der Waals surface area contributed by atoms with Gasteiger partial charge in [0.15, 0.2) is 6.04 Å². The molecule has 0 saturated heterocycles. The Morgan fingerprint density at radius 1 is 0.952 bits per heavy atom. The van der Waals surface area contributed by atoms with E-state index in [1.54, 1.807) is 0 Å². The third-order valence-corrected chi connectivity index (χ3v) is 2.86. The van der Waals surface area contributed by atoms with Gasteiger partial charge in [-0.3, -0.25) is 0 Å². The molecule has 0 spiro atoms. The smallest absolute Gasteiger partial charge is 0.333 e. The zero-order valence-corrected chi connectivity index (χ0v) is 12.7. The van der Waals surface area contributed by atoms with Crippen molar-refractivity contribution in [1.82, 2.24) is 0 Å². The lowest BCUT2D eigenvalue weighted by Gasteiger charge is -2.25. The minimum Gasteiger partial charge on any atom is -0.458 e. The maximum atomic E-state index is 12.5. The molecule has 2 aromatic carbocycles. The standard InChI is InChI=1S/C18H21NO2/c1-18(2,3)21-17(20)16(14-10-6-4-7-11-14)19-15-12-8-5-9-13-15/h4-13,16,19H,1-3H3. The van der Waals surface area contributed by atoms with Crippen LogP contribution in [0.5, 0.6) is 0 Å². The van der Waals surface area contributed by atoms with Gasteiger partial charge in [-0.25, -0.2) is 4.79 Å². The van der Waals surface area contributed by atoms with Gasteiger partial charge in [0, 0.05) is 5.69 Å². The quantitative estimate of drug-likeness (QED) is 0.855. The van der Waals surface area contributed by atoms with Crippen LogP contribution in [-0.2, 0) is 9.53 Å². The van der Waals surface area contributed by atoms with Crippen LogP contribution in [0.15, 0.2) is 60.7 Å². The summed E-state index contributed by atoms with van der Waals surface area (Å²) in [6.45, 7) is 5.61. The first-order chi connectivity index (χ1) is 9.96. The summed E-state index contributed by atoms with van der Waals surface area (Å²) in [5, 5.41) is 3.24. The lowest BCUT2D eigenvalue weighted by atomic mass is 10.1. The van der Waals surface area contributed by atoms with E-state index in [9.17, 15) is 4.79 Å². The predicted molar refractivity (Wildman–Crippen MR) is 85.1 cm³/mol. The fourth-order valence-corrected chi connectivity index (χ4v) is 1.99. The van der Waals surface area contributed by atoms with Crippen molar-refractivity contribution in [2.75, 3.05) is 5.32 Å². The Morgan fingerprint density at radius 3 is 2.00 bits per heavy atom. The highest BCUT2D eigenvalue weighted by Gasteiger charge is 2.26. The highest BCUT2D eigenvalue weighted by molar-refractivity contribution is 5.81. The molecule has 1 N–H and O–H groups in total. The van der Waals surface area contributed by atoms with Gasteiger partial charge in [-0.2, -0.15) is 0 Å². The summed E-state index contributed by atoms with van der Waals surface area (Å²) in [4.78, 5) is 12.5. The number of benzene rings is 2. The van der Waals surface area contributed by atoms with Crippen LogP contribution in [0.2, 0.25) is 0 Å². The lowest BCUT2D eigenvalue weighted by Crippen LogP contribution is -2.31. The number of nitrogens with one attached hydrogen (secondary N) is 1. The monoisotopic (exact) mass is 283 g/mol. The second-order valence-electron chi connectivity index (χ2n) is 5.89. The first kappa shape index (κ1) is 15.1. The van der Waals surface area contributed by atoms with Crippen molar-refractivity contribution in [1.29, 1.82) is 0 Å². The molecule has 0 saturated carbocycles. The molecular formula is C18H21NO2. The Labute approximate surface area is 126 Å². The molecule has 2 aromatic rings. The molecule has 2 rings (SSSR count). The molecule has 1 atom stereocenters. The van der Waals surface area contributed by atoms with Gasteiger partial charge in [-0.1, -0.05) is 48.5 Å². The molecule has 0 fully saturated rings. The molecule has 0 radical (unpaired) electrons. The Kier molecular flexibility index (Phi) is 4.63. The van der Waals surface area contributed by atoms with E-state index < -0.39 is 11.6 Å². The molecule has 0 aliphatic rings. The summed E-state index contributed by atoms with van der Waals surface area (Å²) >= 11 is 0. The van der Waals surface area contributed by atoms with E-state index in [1.807, 2.05) is 81.4 Å². The molecule has 0 aromatic heterocycles. The fourth-order valence-electron chi connectivity index (χ4n) is 1.99. The highest BCUT2D eigenvalue weighted by Crippen LogP contribution is 2.23. The van der Waals surface area contributed by atoms with Gasteiger partial charge in [0.2, 0.25) is 0 Å². The second-order valence-corrected chi connectivity index (χ2v) is 5.89. The summed E-state index contributed by atoms with van der Waals surface area (Å²) in [7, 11) is 0. The minimum atomic E-state index is -0.521. The Bertz CT molecular complexity index is 573. The number of anilines is 1. The Balaban J connectivity index is 2.25. The number of carbonyl (C=O) groups is 1. The van der Waals surface area contributed by atoms with Gasteiger partial charge in [0.25, 0.3) is 0 Å². The van der Waals surface area contributed by atoms with Crippen molar-refractivity contribution in [3.63, 3.8) is 0 Å². The van der Waals surface area contributed by atoms with Gasteiger partial charge >= 0.3 is 5.97 Å². The van der Waals surface area contributed by atoms with Gasteiger partial charge in [0.05, 0.1) is 0 Å². The molecule has 0 bridgehead atoms. The summed E-state index contributed by atoms with van der Waals surface area (Å²) in [5.41, 5.74) is 1.26. The van der Waals surface area contributed by atoms with Gasteiger partial charge < -0.3 is 10.1 Å². The van der Waals surface area contributed by atoms with Crippen molar-refractivity contribution in [3.8, 4) is 0 Å². The first-order valence-electron chi connectivity index (χ1n) is 7.05. The second kappa shape index (κ2) is 6.44.